The lowest BCUT2D eigenvalue weighted by atomic mass is 9.65. The molecule has 3 fully saturated rings. The number of fused-ring (bicyclic) bond motifs is 2. The van der Waals surface area contributed by atoms with Crippen LogP contribution in [0.3, 0.4) is 0 Å². The highest BCUT2D eigenvalue weighted by atomic mass is 16.5. The van der Waals surface area contributed by atoms with E-state index in [1.165, 1.54) is 19.3 Å². The highest BCUT2D eigenvalue weighted by molar-refractivity contribution is 5.79. The van der Waals surface area contributed by atoms with Crippen LogP contribution in [0, 0.1) is 17.8 Å². The molecule has 2 bridgehead atoms. The molecular weight excluding hydrogens is 316 g/mol. The van der Waals surface area contributed by atoms with Gasteiger partial charge in [0, 0.05) is 24.4 Å². The molecule has 138 valence electrons. The molecule has 1 saturated heterocycles. The second-order valence-electron chi connectivity index (χ2n) is 8.53. The largest absolute Gasteiger partial charge is 0.339 e. The third kappa shape index (κ3) is 3.09. The molecule has 4 rings (SSSR count). The summed E-state index contributed by atoms with van der Waals surface area (Å²) in [6.07, 6.45) is 7.52. The highest BCUT2D eigenvalue weighted by Gasteiger charge is 2.44. The summed E-state index contributed by atoms with van der Waals surface area (Å²) in [6.45, 7) is 4.89. The summed E-state index contributed by atoms with van der Waals surface area (Å²) >= 11 is 0. The number of rotatable bonds is 3. The Labute approximate surface area is 149 Å². The van der Waals surface area contributed by atoms with Gasteiger partial charge in [0.25, 0.3) is 0 Å². The van der Waals surface area contributed by atoms with Gasteiger partial charge in [0.1, 0.15) is 0 Å². The molecule has 3 aliphatic rings. The van der Waals surface area contributed by atoms with Crippen LogP contribution in [0.5, 0.6) is 0 Å². The van der Waals surface area contributed by atoms with Gasteiger partial charge < -0.3 is 15.2 Å². The predicted octanol–water partition coefficient (Wildman–Crippen LogP) is 3.01. The van der Waals surface area contributed by atoms with E-state index in [1.807, 2.05) is 18.7 Å². The Bertz CT molecular complexity index is 615. The van der Waals surface area contributed by atoms with E-state index in [0.29, 0.717) is 35.5 Å². The molecule has 25 heavy (non-hydrogen) atoms. The van der Waals surface area contributed by atoms with E-state index in [-0.39, 0.29) is 17.9 Å². The standard InChI is InChI=1S/C19H30N4O2/c1-11(2)18-21-17(22-25-18)15-7-4-8-23(15)19(24)14-9-12-5-3-6-13(10-14)16(12)20/h11-16H,3-10,20H2,1-2H3. The summed E-state index contributed by atoms with van der Waals surface area (Å²) in [7, 11) is 0. The van der Waals surface area contributed by atoms with Crippen molar-refractivity contribution in [3.05, 3.63) is 11.7 Å². The van der Waals surface area contributed by atoms with Gasteiger partial charge in [-0.3, -0.25) is 4.79 Å². The minimum absolute atomic E-state index is 0.0146. The summed E-state index contributed by atoms with van der Waals surface area (Å²) in [5.41, 5.74) is 6.39. The molecule has 1 amide bonds. The molecule has 0 aromatic carbocycles. The van der Waals surface area contributed by atoms with E-state index in [2.05, 4.69) is 10.1 Å². The summed E-state index contributed by atoms with van der Waals surface area (Å²) in [5, 5.41) is 4.17. The number of nitrogens with zero attached hydrogens (tertiary/aromatic N) is 3. The van der Waals surface area contributed by atoms with E-state index in [1.54, 1.807) is 0 Å². The lowest BCUT2D eigenvalue weighted by Crippen LogP contribution is -2.49. The first kappa shape index (κ1) is 17.0. The Hall–Kier alpha value is -1.43. The lowest BCUT2D eigenvalue weighted by Gasteiger charge is -2.44. The summed E-state index contributed by atoms with van der Waals surface area (Å²) in [6, 6.07) is 0.289. The average molecular weight is 346 g/mol. The number of aromatic nitrogens is 2. The number of carbonyl (C=O) groups excluding carboxylic acids is 1. The van der Waals surface area contributed by atoms with Crippen LogP contribution in [0.25, 0.3) is 0 Å². The van der Waals surface area contributed by atoms with Crippen molar-refractivity contribution in [1.29, 1.82) is 0 Å². The van der Waals surface area contributed by atoms with Crippen LogP contribution in [0.4, 0.5) is 0 Å². The van der Waals surface area contributed by atoms with Crippen molar-refractivity contribution in [3.8, 4) is 0 Å². The highest BCUT2D eigenvalue weighted by Crippen LogP contribution is 2.44. The molecule has 2 saturated carbocycles. The molecule has 0 radical (unpaired) electrons. The molecular formula is C19H30N4O2. The van der Waals surface area contributed by atoms with Gasteiger partial charge in [0.15, 0.2) is 5.82 Å². The van der Waals surface area contributed by atoms with Crippen LogP contribution in [0.1, 0.15) is 82.5 Å². The second-order valence-corrected chi connectivity index (χ2v) is 8.53. The van der Waals surface area contributed by atoms with Crippen LogP contribution in [0.15, 0.2) is 4.52 Å². The third-order valence-corrected chi connectivity index (χ3v) is 6.55. The summed E-state index contributed by atoms with van der Waals surface area (Å²) < 4.78 is 5.37. The first-order chi connectivity index (χ1) is 12.0. The van der Waals surface area contributed by atoms with Crippen molar-refractivity contribution >= 4 is 5.91 Å². The Kier molecular flexibility index (Phi) is 4.56. The van der Waals surface area contributed by atoms with Gasteiger partial charge in [-0.25, -0.2) is 0 Å². The van der Waals surface area contributed by atoms with Crippen LogP contribution < -0.4 is 5.73 Å². The molecule has 0 spiro atoms. The fourth-order valence-corrected chi connectivity index (χ4v) is 5.14. The molecule has 2 aliphatic carbocycles. The molecule has 6 heteroatoms. The second kappa shape index (κ2) is 6.71. The maximum atomic E-state index is 13.3. The van der Waals surface area contributed by atoms with Gasteiger partial charge in [-0.15, -0.1) is 0 Å². The molecule has 3 atom stereocenters. The number of hydrogen-bond donors (Lipinski definition) is 1. The first-order valence-corrected chi connectivity index (χ1v) is 9.94. The van der Waals surface area contributed by atoms with E-state index in [4.69, 9.17) is 10.3 Å². The van der Waals surface area contributed by atoms with Crippen LogP contribution in [-0.4, -0.2) is 33.5 Å². The smallest absolute Gasteiger partial charge is 0.229 e. The van der Waals surface area contributed by atoms with Crippen molar-refractivity contribution in [1.82, 2.24) is 15.0 Å². The zero-order chi connectivity index (χ0) is 17.6. The Morgan fingerprint density at radius 2 is 1.92 bits per heavy atom. The SMILES string of the molecule is CC(C)c1nc(C2CCCN2C(=O)C2CC3CCCC(C2)C3N)no1. The van der Waals surface area contributed by atoms with E-state index in [9.17, 15) is 4.79 Å². The number of likely N-dealkylation sites (tertiary alicyclic amines) is 1. The van der Waals surface area contributed by atoms with Crippen molar-refractivity contribution in [3.63, 3.8) is 0 Å². The van der Waals surface area contributed by atoms with Crippen LogP contribution in [-0.2, 0) is 4.79 Å². The van der Waals surface area contributed by atoms with Gasteiger partial charge in [-0.1, -0.05) is 25.4 Å². The van der Waals surface area contributed by atoms with Crippen molar-refractivity contribution in [2.75, 3.05) is 6.54 Å². The number of carbonyl (C=O) groups is 1. The number of amides is 1. The zero-order valence-corrected chi connectivity index (χ0v) is 15.4. The topological polar surface area (TPSA) is 85.2 Å². The first-order valence-electron chi connectivity index (χ1n) is 9.94. The summed E-state index contributed by atoms with van der Waals surface area (Å²) in [4.78, 5) is 19.8. The maximum Gasteiger partial charge on any atom is 0.229 e. The lowest BCUT2D eigenvalue weighted by molar-refractivity contribution is -0.139. The van der Waals surface area contributed by atoms with E-state index in [0.717, 1.165) is 32.2 Å². The van der Waals surface area contributed by atoms with E-state index >= 15 is 0 Å². The molecule has 3 unspecified atom stereocenters. The van der Waals surface area contributed by atoms with Crippen LogP contribution in [0.2, 0.25) is 0 Å². The fourth-order valence-electron chi connectivity index (χ4n) is 5.14. The molecule has 1 aromatic rings. The van der Waals surface area contributed by atoms with Gasteiger partial charge in [-0.2, -0.15) is 4.98 Å². The third-order valence-electron chi connectivity index (χ3n) is 6.55. The number of nitrogens with two attached hydrogens (primary N) is 1. The van der Waals surface area contributed by atoms with E-state index < -0.39 is 0 Å². The quantitative estimate of drug-likeness (QED) is 0.909. The van der Waals surface area contributed by atoms with Crippen molar-refractivity contribution < 1.29 is 9.32 Å². The molecule has 2 heterocycles. The van der Waals surface area contributed by atoms with Gasteiger partial charge in [-0.05, 0) is 50.4 Å². The average Bonchev–Trinajstić information content (AvgIpc) is 3.23. The monoisotopic (exact) mass is 346 g/mol. The predicted molar refractivity (Wildman–Crippen MR) is 93.6 cm³/mol. The Morgan fingerprint density at radius 1 is 1.20 bits per heavy atom. The van der Waals surface area contributed by atoms with Gasteiger partial charge in [0.05, 0.1) is 6.04 Å². The normalized spacial score (nSPS) is 35.4. The Balaban J connectivity index is 1.49. The van der Waals surface area contributed by atoms with Gasteiger partial charge >= 0.3 is 0 Å². The minimum atomic E-state index is -0.0146. The fraction of sp³-hybridized carbons (Fsp3) is 0.842. The molecule has 1 aliphatic heterocycles. The number of hydrogen-bond acceptors (Lipinski definition) is 5. The minimum Gasteiger partial charge on any atom is -0.339 e. The zero-order valence-electron chi connectivity index (χ0n) is 15.4. The maximum absolute atomic E-state index is 13.3. The van der Waals surface area contributed by atoms with Crippen molar-refractivity contribution in [2.24, 2.45) is 23.5 Å². The van der Waals surface area contributed by atoms with Gasteiger partial charge in [0.2, 0.25) is 11.8 Å². The Morgan fingerprint density at radius 3 is 2.56 bits per heavy atom. The summed E-state index contributed by atoms with van der Waals surface area (Å²) in [5.74, 6) is 3.04. The van der Waals surface area contributed by atoms with Crippen molar-refractivity contribution in [2.45, 2.75) is 76.8 Å². The molecule has 6 nitrogen and oxygen atoms in total. The molecule has 1 aromatic heterocycles. The molecule has 2 N–H and O–H groups in total. The van der Waals surface area contributed by atoms with Crippen LogP contribution >= 0.6 is 0 Å².